The van der Waals surface area contributed by atoms with E-state index in [1.54, 1.807) is 50.6 Å². The molecule has 0 aliphatic rings. The second-order valence-electron chi connectivity index (χ2n) is 5.16. The van der Waals surface area contributed by atoms with E-state index >= 15 is 0 Å². The van der Waals surface area contributed by atoms with Crippen LogP contribution in [-0.4, -0.2) is 31.2 Å². The van der Waals surface area contributed by atoms with Crippen LogP contribution in [0.5, 0.6) is 11.5 Å². The van der Waals surface area contributed by atoms with Gasteiger partial charge in [0.2, 0.25) is 5.91 Å². The number of carboxylic acids is 1. The van der Waals surface area contributed by atoms with Crippen molar-refractivity contribution in [2.45, 2.75) is 6.54 Å². The van der Waals surface area contributed by atoms with E-state index in [4.69, 9.17) is 14.6 Å². The zero-order chi connectivity index (χ0) is 18.2. The summed E-state index contributed by atoms with van der Waals surface area (Å²) in [4.78, 5) is 22.9. The van der Waals surface area contributed by atoms with Crippen molar-refractivity contribution in [2.75, 3.05) is 14.2 Å². The third-order valence-corrected chi connectivity index (χ3v) is 3.50. The largest absolute Gasteiger partial charge is 0.497 e. The molecule has 130 valence electrons. The highest BCUT2D eigenvalue weighted by Gasteiger charge is 2.05. The number of hydrogen-bond donors (Lipinski definition) is 2. The van der Waals surface area contributed by atoms with Gasteiger partial charge in [0.15, 0.2) is 0 Å². The highest BCUT2D eigenvalue weighted by molar-refractivity contribution is 5.92. The molecule has 6 heteroatoms. The van der Waals surface area contributed by atoms with Gasteiger partial charge in [-0.15, -0.1) is 0 Å². The fourth-order valence-electron chi connectivity index (χ4n) is 2.18. The van der Waals surface area contributed by atoms with Crippen molar-refractivity contribution in [3.8, 4) is 11.5 Å². The Hall–Kier alpha value is -3.28. The number of methoxy groups -OCH3 is 2. The SMILES string of the molecule is COc1ccc(/C=C/C(=O)NCc2cccc(C(=O)O)c2)c(OC)c1. The number of carbonyl (C=O) groups excluding carboxylic acids is 1. The number of aromatic carboxylic acids is 1. The Bertz CT molecular complexity index is 798. The fourth-order valence-corrected chi connectivity index (χ4v) is 2.18. The van der Waals surface area contributed by atoms with Gasteiger partial charge in [-0.05, 0) is 35.9 Å². The molecule has 0 spiro atoms. The molecule has 2 aromatic carbocycles. The van der Waals surface area contributed by atoms with Crippen LogP contribution in [0.2, 0.25) is 0 Å². The van der Waals surface area contributed by atoms with Crippen molar-refractivity contribution in [1.29, 1.82) is 0 Å². The van der Waals surface area contributed by atoms with Crippen LogP contribution in [0, 0.1) is 0 Å². The van der Waals surface area contributed by atoms with Crippen LogP contribution in [0.1, 0.15) is 21.5 Å². The molecule has 2 rings (SSSR count). The minimum absolute atomic E-state index is 0.185. The molecule has 6 nitrogen and oxygen atoms in total. The molecule has 0 aliphatic heterocycles. The van der Waals surface area contributed by atoms with Gasteiger partial charge in [0, 0.05) is 24.3 Å². The average Bonchev–Trinajstić information content (AvgIpc) is 2.64. The summed E-state index contributed by atoms with van der Waals surface area (Å²) in [6.07, 6.45) is 3.03. The first-order valence-electron chi connectivity index (χ1n) is 7.53. The molecule has 0 saturated carbocycles. The Morgan fingerprint density at radius 3 is 2.60 bits per heavy atom. The van der Waals surface area contributed by atoms with Gasteiger partial charge in [0.1, 0.15) is 11.5 Å². The molecule has 0 atom stereocenters. The smallest absolute Gasteiger partial charge is 0.335 e. The number of nitrogens with one attached hydrogen (secondary N) is 1. The predicted molar refractivity (Wildman–Crippen MR) is 93.8 cm³/mol. The quantitative estimate of drug-likeness (QED) is 0.757. The van der Waals surface area contributed by atoms with Gasteiger partial charge >= 0.3 is 5.97 Å². The topological polar surface area (TPSA) is 84.9 Å². The van der Waals surface area contributed by atoms with E-state index in [0.29, 0.717) is 17.1 Å². The second kappa shape index (κ2) is 8.54. The molecule has 0 unspecified atom stereocenters. The summed E-state index contributed by atoms with van der Waals surface area (Å²) in [5, 5.41) is 11.7. The number of ether oxygens (including phenoxy) is 2. The average molecular weight is 341 g/mol. The molecule has 0 radical (unpaired) electrons. The van der Waals surface area contributed by atoms with Crippen molar-refractivity contribution >= 4 is 18.0 Å². The van der Waals surface area contributed by atoms with E-state index in [0.717, 1.165) is 5.56 Å². The highest BCUT2D eigenvalue weighted by atomic mass is 16.5. The van der Waals surface area contributed by atoms with E-state index in [-0.39, 0.29) is 18.0 Å². The first kappa shape index (κ1) is 18.1. The van der Waals surface area contributed by atoms with Gasteiger partial charge in [0.05, 0.1) is 19.8 Å². The lowest BCUT2D eigenvalue weighted by atomic mass is 10.1. The third-order valence-electron chi connectivity index (χ3n) is 3.50. The molecule has 0 bridgehead atoms. The van der Waals surface area contributed by atoms with Crippen LogP contribution >= 0.6 is 0 Å². The third kappa shape index (κ3) is 5.10. The summed E-state index contributed by atoms with van der Waals surface area (Å²) in [6.45, 7) is 0.240. The number of carbonyl (C=O) groups is 2. The van der Waals surface area contributed by atoms with Gasteiger partial charge in [-0.1, -0.05) is 12.1 Å². The lowest BCUT2D eigenvalue weighted by Crippen LogP contribution is -2.20. The van der Waals surface area contributed by atoms with Crippen molar-refractivity contribution in [1.82, 2.24) is 5.32 Å². The standard InChI is InChI=1S/C19H19NO5/c1-24-16-8-6-14(17(11-16)25-2)7-9-18(21)20-12-13-4-3-5-15(10-13)19(22)23/h3-11H,12H2,1-2H3,(H,20,21)(H,22,23)/b9-7+. The monoisotopic (exact) mass is 341 g/mol. The molecule has 0 heterocycles. The minimum Gasteiger partial charge on any atom is -0.497 e. The van der Waals surface area contributed by atoms with Gasteiger partial charge in [-0.2, -0.15) is 0 Å². The van der Waals surface area contributed by atoms with Crippen LogP contribution in [0.3, 0.4) is 0 Å². The zero-order valence-electron chi connectivity index (χ0n) is 14.0. The summed E-state index contributed by atoms with van der Waals surface area (Å²) in [7, 11) is 3.11. The Balaban J connectivity index is 1.99. The molecule has 0 aromatic heterocycles. The van der Waals surface area contributed by atoms with Crippen LogP contribution in [0.25, 0.3) is 6.08 Å². The van der Waals surface area contributed by atoms with Crippen molar-refractivity contribution < 1.29 is 24.2 Å². The Morgan fingerprint density at radius 2 is 1.92 bits per heavy atom. The molecule has 2 aromatic rings. The number of hydrogen-bond acceptors (Lipinski definition) is 4. The summed E-state index contributed by atoms with van der Waals surface area (Å²) in [5.74, 6) is -0.0346. The highest BCUT2D eigenvalue weighted by Crippen LogP contribution is 2.25. The first-order chi connectivity index (χ1) is 12.0. The van der Waals surface area contributed by atoms with Crippen LogP contribution < -0.4 is 14.8 Å². The lowest BCUT2D eigenvalue weighted by molar-refractivity contribution is -0.116. The number of amides is 1. The normalized spacial score (nSPS) is 10.5. The summed E-state index contributed by atoms with van der Waals surface area (Å²) < 4.78 is 10.4. The maximum Gasteiger partial charge on any atom is 0.335 e. The van der Waals surface area contributed by atoms with E-state index in [1.807, 2.05) is 0 Å². The van der Waals surface area contributed by atoms with Crippen LogP contribution in [0.15, 0.2) is 48.5 Å². The van der Waals surface area contributed by atoms with Crippen molar-refractivity contribution in [2.24, 2.45) is 0 Å². The maximum absolute atomic E-state index is 12.0. The molecular formula is C19H19NO5. The van der Waals surface area contributed by atoms with Crippen molar-refractivity contribution in [3.05, 3.63) is 65.2 Å². The molecule has 2 N–H and O–H groups in total. The van der Waals surface area contributed by atoms with E-state index in [9.17, 15) is 9.59 Å². The Labute approximate surface area is 145 Å². The molecule has 0 aliphatic carbocycles. The van der Waals surface area contributed by atoms with Gasteiger partial charge in [0.25, 0.3) is 0 Å². The number of carboxylic acid groups (broad SMARTS) is 1. The first-order valence-corrected chi connectivity index (χ1v) is 7.53. The Morgan fingerprint density at radius 1 is 1.12 bits per heavy atom. The molecule has 0 fully saturated rings. The van der Waals surface area contributed by atoms with Crippen molar-refractivity contribution in [3.63, 3.8) is 0 Å². The molecular weight excluding hydrogens is 322 g/mol. The molecule has 1 amide bonds. The Kier molecular flexibility index (Phi) is 6.17. The van der Waals surface area contributed by atoms with Gasteiger partial charge in [-0.25, -0.2) is 4.79 Å². The second-order valence-corrected chi connectivity index (χ2v) is 5.16. The maximum atomic E-state index is 12.0. The fraction of sp³-hybridized carbons (Fsp3) is 0.158. The van der Waals surface area contributed by atoms with E-state index < -0.39 is 5.97 Å². The summed E-state index contributed by atoms with van der Waals surface area (Å²) in [5.41, 5.74) is 1.64. The number of rotatable bonds is 7. The van der Waals surface area contributed by atoms with Gasteiger partial charge in [-0.3, -0.25) is 4.79 Å². The minimum atomic E-state index is -1.00. The van der Waals surface area contributed by atoms with Crippen LogP contribution in [-0.2, 0) is 11.3 Å². The molecule has 25 heavy (non-hydrogen) atoms. The summed E-state index contributed by atoms with van der Waals surface area (Å²) >= 11 is 0. The molecule has 0 saturated heterocycles. The van der Waals surface area contributed by atoms with E-state index in [2.05, 4.69) is 5.32 Å². The number of benzene rings is 2. The van der Waals surface area contributed by atoms with Gasteiger partial charge < -0.3 is 19.9 Å². The lowest BCUT2D eigenvalue weighted by Gasteiger charge is -2.07. The summed E-state index contributed by atoms with van der Waals surface area (Å²) in [6, 6.07) is 11.7. The predicted octanol–water partition coefficient (Wildman–Crippen LogP) is 2.73. The zero-order valence-corrected chi connectivity index (χ0v) is 14.0. The van der Waals surface area contributed by atoms with Crippen LogP contribution in [0.4, 0.5) is 0 Å². The van der Waals surface area contributed by atoms with E-state index in [1.165, 1.54) is 18.2 Å².